The van der Waals surface area contributed by atoms with Gasteiger partial charge in [-0.3, -0.25) is 4.98 Å². The van der Waals surface area contributed by atoms with Crippen LogP contribution in [-0.2, 0) is 16.2 Å². The van der Waals surface area contributed by atoms with Crippen LogP contribution in [0.25, 0.3) is 10.9 Å². The minimum absolute atomic E-state index is 0.0932. The Morgan fingerprint density at radius 1 is 0.946 bits per heavy atom. The largest absolute Gasteiger partial charge is 0.416 e. The molecule has 1 aliphatic rings. The van der Waals surface area contributed by atoms with E-state index < -0.39 is 27.8 Å². The molecular weight excluding hydrogens is 514 g/mol. The normalized spacial score (nSPS) is 15.2. The third kappa shape index (κ3) is 5.15. The molecule has 1 fully saturated rings. The number of rotatable bonds is 5. The van der Waals surface area contributed by atoms with E-state index in [4.69, 9.17) is 0 Å². The molecule has 0 atom stereocenters. The van der Waals surface area contributed by atoms with Crippen LogP contribution in [0, 0.1) is 6.08 Å². The summed E-state index contributed by atoms with van der Waals surface area (Å²) >= 11 is 0. The van der Waals surface area contributed by atoms with E-state index in [1.165, 1.54) is 34.9 Å². The molecule has 1 aliphatic heterocycles. The quantitative estimate of drug-likeness (QED) is 0.386. The fourth-order valence-corrected chi connectivity index (χ4v) is 5.45. The molecule has 192 valence electrons. The number of pyridine rings is 1. The Hall–Kier alpha value is -3.91. The van der Waals surface area contributed by atoms with Crippen molar-refractivity contribution in [3.8, 4) is 0 Å². The molecule has 0 radical (unpaired) electrons. The van der Waals surface area contributed by atoms with Gasteiger partial charge in [-0.1, -0.05) is 11.2 Å². The lowest BCUT2D eigenvalue weighted by atomic mass is 10.1. The zero-order valence-electron chi connectivity index (χ0n) is 19.0. The summed E-state index contributed by atoms with van der Waals surface area (Å²) in [5.41, 5.74) is 0.468. The molecule has 3 heterocycles. The molecule has 4 aromatic rings. The van der Waals surface area contributed by atoms with Crippen molar-refractivity contribution in [2.45, 2.75) is 11.1 Å². The van der Waals surface area contributed by atoms with Crippen molar-refractivity contribution in [3.05, 3.63) is 72.6 Å². The molecule has 2 aromatic heterocycles. The number of benzene rings is 2. The Bertz CT molecular complexity index is 1540. The number of nitrogens with one attached hydrogen (secondary N) is 1. The maximum Gasteiger partial charge on any atom is 0.416 e. The second-order valence-corrected chi connectivity index (χ2v) is 10.2. The van der Waals surface area contributed by atoms with Crippen LogP contribution in [-0.4, -0.2) is 59.1 Å². The first-order valence-corrected chi connectivity index (χ1v) is 12.5. The van der Waals surface area contributed by atoms with Gasteiger partial charge < -0.3 is 10.2 Å². The number of nitrogens with zero attached hydrogens (tertiary/aromatic N) is 6. The molecule has 0 aliphatic carbocycles. The van der Waals surface area contributed by atoms with Crippen LogP contribution in [0.4, 0.5) is 34.8 Å². The van der Waals surface area contributed by atoms with E-state index in [1.54, 1.807) is 23.1 Å². The lowest BCUT2D eigenvalue weighted by Gasteiger charge is -2.34. The van der Waals surface area contributed by atoms with Crippen LogP contribution < -0.4 is 10.2 Å². The number of sulfonamides is 1. The number of halogens is 4. The predicted octanol–water partition coefficient (Wildman–Crippen LogP) is 3.83. The van der Waals surface area contributed by atoms with Crippen LogP contribution >= 0.6 is 0 Å². The molecule has 2 aromatic carbocycles. The van der Waals surface area contributed by atoms with Gasteiger partial charge in [-0.2, -0.15) is 31.9 Å². The van der Waals surface area contributed by atoms with Crippen LogP contribution in [0.3, 0.4) is 0 Å². The number of piperazine rings is 1. The number of fused-ring (bicyclic) bond motifs is 1. The summed E-state index contributed by atoms with van der Waals surface area (Å²) in [6.07, 6.45) is -2.71. The zero-order valence-corrected chi connectivity index (χ0v) is 19.8. The highest BCUT2D eigenvalue weighted by Crippen LogP contribution is 2.33. The van der Waals surface area contributed by atoms with Gasteiger partial charge in [0.2, 0.25) is 10.0 Å². The Balaban J connectivity index is 1.29. The van der Waals surface area contributed by atoms with Gasteiger partial charge in [0, 0.05) is 49.1 Å². The summed E-state index contributed by atoms with van der Waals surface area (Å²) in [4.78, 5) is 9.53. The standard InChI is InChI=1S/C23H19F4N7O2S/c24-22-31-21(14-29-32-22)33-9-11-34(12-10-33)37(35,36)17-4-2-16(3-5-17)30-19-7-8-28-20-13-15(23(25,26)27)1-6-18(19)20/h1-8,13-14H,9-12H2,(H,28,30). The summed E-state index contributed by atoms with van der Waals surface area (Å²) in [6.45, 7) is 0.970. The smallest absolute Gasteiger partial charge is 0.355 e. The van der Waals surface area contributed by atoms with Gasteiger partial charge in [0.05, 0.1) is 22.2 Å². The maximum atomic E-state index is 13.2. The van der Waals surface area contributed by atoms with Gasteiger partial charge in [0.25, 0.3) is 0 Å². The highest BCUT2D eigenvalue weighted by molar-refractivity contribution is 7.89. The Kier molecular flexibility index (Phi) is 6.37. The average Bonchev–Trinajstić information content (AvgIpc) is 2.88. The predicted molar refractivity (Wildman–Crippen MR) is 127 cm³/mol. The van der Waals surface area contributed by atoms with Gasteiger partial charge in [0.1, 0.15) is 0 Å². The number of alkyl halides is 3. The topological polar surface area (TPSA) is 104 Å². The van der Waals surface area contributed by atoms with Gasteiger partial charge in [-0.05, 0) is 42.5 Å². The summed E-state index contributed by atoms with van der Waals surface area (Å²) < 4.78 is 79.9. The molecule has 37 heavy (non-hydrogen) atoms. The first-order chi connectivity index (χ1) is 17.6. The molecule has 0 unspecified atom stereocenters. The Labute approximate surface area is 208 Å². The summed E-state index contributed by atoms with van der Waals surface area (Å²) in [5, 5.41) is 10.3. The SMILES string of the molecule is O=S(=O)(c1ccc(Nc2ccnc3cc(C(F)(F)F)ccc23)cc1)N1CCN(c2cnnc(F)n2)CC1. The monoisotopic (exact) mass is 533 g/mol. The van der Waals surface area contributed by atoms with Crippen molar-refractivity contribution in [2.75, 3.05) is 36.4 Å². The second-order valence-electron chi connectivity index (χ2n) is 8.21. The minimum Gasteiger partial charge on any atom is -0.355 e. The summed E-state index contributed by atoms with van der Waals surface area (Å²) in [5.74, 6) is 0.290. The van der Waals surface area contributed by atoms with Gasteiger partial charge >= 0.3 is 12.3 Å². The van der Waals surface area contributed by atoms with Crippen LogP contribution in [0.1, 0.15) is 5.56 Å². The van der Waals surface area contributed by atoms with Crippen molar-refractivity contribution < 1.29 is 26.0 Å². The van der Waals surface area contributed by atoms with E-state index in [9.17, 15) is 26.0 Å². The summed E-state index contributed by atoms with van der Waals surface area (Å²) in [7, 11) is -3.78. The molecular formula is C23H19F4N7O2S. The molecule has 0 amide bonds. The third-order valence-corrected chi connectivity index (χ3v) is 7.84. The van der Waals surface area contributed by atoms with Crippen molar-refractivity contribution in [2.24, 2.45) is 0 Å². The lowest BCUT2D eigenvalue weighted by Crippen LogP contribution is -2.49. The number of anilines is 3. The molecule has 0 saturated carbocycles. The fraction of sp³-hybridized carbons (Fsp3) is 0.217. The van der Waals surface area contributed by atoms with E-state index in [1.807, 2.05) is 0 Å². The molecule has 1 N–H and O–H groups in total. The van der Waals surface area contributed by atoms with Crippen LogP contribution in [0.2, 0.25) is 0 Å². The lowest BCUT2D eigenvalue weighted by molar-refractivity contribution is -0.137. The molecule has 0 spiro atoms. The summed E-state index contributed by atoms with van der Waals surface area (Å²) in [6, 6.07) is 11.0. The molecule has 1 saturated heterocycles. The number of hydrogen-bond donors (Lipinski definition) is 1. The van der Waals surface area contributed by atoms with E-state index >= 15 is 0 Å². The van der Waals surface area contributed by atoms with Crippen molar-refractivity contribution >= 4 is 38.1 Å². The Morgan fingerprint density at radius 2 is 1.68 bits per heavy atom. The fourth-order valence-electron chi connectivity index (χ4n) is 4.03. The maximum absolute atomic E-state index is 13.2. The van der Waals surface area contributed by atoms with E-state index in [0.29, 0.717) is 35.7 Å². The van der Waals surface area contributed by atoms with E-state index in [-0.39, 0.29) is 23.5 Å². The second kappa shape index (κ2) is 9.52. The zero-order chi connectivity index (χ0) is 26.2. The van der Waals surface area contributed by atoms with Crippen molar-refractivity contribution in [3.63, 3.8) is 0 Å². The van der Waals surface area contributed by atoms with E-state index in [0.717, 1.165) is 12.1 Å². The van der Waals surface area contributed by atoms with Crippen LogP contribution in [0.15, 0.2) is 65.8 Å². The first kappa shape index (κ1) is 24.8. The average molecular weight is 534 g/mol. The van der Waals surface area contributed by atoms with Gasteiger partial charge in [0.15, 0.2) is 5.82 Å². The van der Waals surface area contributed by atoms with Crippen molar-refractivity contribution in [1.82, 2.24) is 24.5 Å². The number of aromatic nitrogens is 4. The minimum atomic E-state index is -4.47. The highest BCUT2D eigenvalue weighted by atomic mass is 32.2. The highest BCUT2D eigenvalue weighted by Gasteiger charge is 2.31. The first-order valence-electron chi connectivity index (χ1n) is 11.0. The van der Waals surface area contributed by atoms with E-state index in [2.05, 4.69) is 25.5 Å². The van der Waals surface area contributed by atoms with Gasteiger partial charge in [-0.15, -0.1) is 0 Å². The molecule has 5 rings (SSSR count). The van der Waals surface area contributed by atoms with Crippen LogP contribution in [0.5, 0.6) is 0 Å². The number of hydrogen-bond acceptors (Lipinski definition) is 8. The van der Waals surface area contributed by atoms with Crippen molar-refractivity contribution in [1.29, 1.82) is 0 Å². The third-order valence-electron chi connectivity index (χ3n) is 5.92. The molecule has 14 heteroatoms. The molecule has 0 bridgehead atoms. The Morgan fingerprint density at radius 3 is 2.35 bits per heavy atom. The van der Waals surface area contributed by atoms with Gasteiger partial charge in [-0.25, -0.2) is 8.42 Å². The molecule has 9 nitrogen and oxygen atoms in total.